The first-order chi connectivity index (χ1) is 4.61. The third-order valence-corrected chi connectivity index (χ3v) is 1.31. The van der Waals surface area contributed by atoms with Crippen LogP contribution in [0.4, 0.5) is 4.79 Å². The van der Waals surface area contributed by atoms with E-state index in [1.54, 1.807) is 0 Å². The van der Waals surface area contributed by atoms with Crippen LogP contribution in [0.3, 0.4) is 0 Å². The Morgan fingerprint density at radius 1 is 1.40 bits per heavy atom. The molecule has 0 aromatic rings. The number of primary amides is 2. The van der Waals surface area contributed by atoms with E-state index in [1.807, 2.05) is 0 Å². The monoisotopic (exact) mass is 143 g/mol. The first-order valence-electron chi connectivity index (χ1n) is 2.79. The predicted octanol–water partition coefficient (Wildman–Crippen LogP) is -1.94. The molecule has 5 heteroatoms. The Hall–Kier alpha value is -1.23. The van der Waals surface area contributed by atoms with Gasteiger partial charge in [0.25, 0.3) is 0 Å². The van der Waals surface area contributed by atoms with Crippen LogP contribution >= 0.6 is 0 Å². The maximum absolute atomic E-state index is 10.7. The van der Waals surface area contributed by atoms with Gasteiger partial charge in [0.05, 0.1) is 0 Å². The van der Waals surface area contributed by atoms with Crippen molar-refractivity contribution < 1.29 is 19.7 Å². The number of nitrogens with two attached hydrogens (primary N) is 1. The Balaban J connectivity index is 2.76. The van der Waals surface area contributed by atoms with E-state index in [4.69, 9.17) is 0 Å². The number of rotatable bonds is 0. The number of amides is 4. The highest BCUT2D eigenvalue weighted by Crippen LogP contribution is 1.91. The van der Waals surface area contributed by atoms with Crippen molar-refractivity contribution in [1.29, 1.82) is 0 Å². The predicted molar refractivity (Wildman–Crippen MR) is 29.7 cm³/mol. The number of nitrogens with zero attached hydrogens (tertiary/aromatic N) is 1. The molecule has 1 fully saturated rings. The van der Waals surface area contributed by atoms with Crippen molar-refractivity contribution in [3.8, 4) is 0 Å². The molecule has 1 heterocycles. The summed E-state index contributed by atoms with van der Waals surface area (Å²) in [6.45, 7) is 0. The van der Waals surface area contributed by atoms with Crippen LogP contribution in [-0.4, -0.2) is 29.8 Å². The summed E-state index contributed by atoms with van der Waals surface area (Å²) >= 11 is 0. The fraction of sp³-hybridized carbons (Fsp3) is 0.400. The van der Waals surface area contributed by atoms with Crippen LogP contribution in [0.15, 0.2) is 0 Å². The van der Waals surface area contributed by atoms with Gasteiger partial charge in [-0.1, -0.05) is 0 Å². The van der Waals surface area contributed by atoms with Gasteiger partial charge in [-0.05, 0) is 0 Å². The lowest BCUT2D eigenvalue weighted by Crippen LogP contribution is -2.96. The van der Waals surface area contributed by atoms with Crippen LogP contribution in [-0.2, 0) is 9.59 Å². The number of imide groups is 2. The number of hydrogen-bond acceptors (Lipinski definition) is 3. The minimum Gasteiger partial charge on any atom is -0.273 e. The molecule has 10 heavy (non-hydrogen) atoms. The molecule has 0 spiro atoms. The summed E-state index contributed by atoms with van der Waals surface area (Å²) in [5.41, 5.74) is 0. The van der Waals surface area contributed by atoms with E-state index < -0.39 is 17.8 Å². The lowest BCUT2D eigenvalue weighted by Gasteiger charge is -2.14. The second-order valence-electron chi connectivity index (χ2n) is 2.08. The van der Waals surface area contributed by atoms with E-state index in [-0.39, 0.29) is 6.42 Å². The maximum Gasteiger partial charge on any atom is 0.429 e. The molecule has 4 amide bonds. The molecule has 0 saturated carbocycles. The normalized spacial score (nSPS) is 20.1. The molecule has 1 saturated heterocycles. The van der Waals surface area contributed by atoms with E-state index in [0.717, 1.165) is 10.2 Å². The fourth-order valence-electron chi connectivity index (χ4n) is 0.676. The van der Waals surface area contributed by atoms with Gasteiger partial charge in [-0.3, -0.25) is 4.79 Å². The second kappa shape index (κ2) is 2.18. The third kappa shape index (κ3) is 1.03. The van der Waals surface area contributed by atoms with Crippen LogP contribution in [0.1, 0.15) is 6.42 Å². The molecule has 1 rings (SSSR count). The van der Waals surface area contributed by atoms with Crippen LogP contribution in [0.5, 0.6) is 0 Å². The van der Waals surface area contributed by atoms with Crippen molar-refractivity contribution in [2.75, 3.05) is 7.05 Å². The summed E-state index contributed by atoms with van der Waals surface area (Å²) in [5, 5.41) is 0.932. The Bertz CT molecular complexity index is 191. The molecule has 0 aliphatic carbocycles. The van der Waals surface area contributed by atoms with E-state index in [1.165, 1.54) is 7.05 Å². The van der Waals surface area contributed by atoms with Crippen molar-refractivity contribution in [2.45, 2.75) is 6.42 Å². The first-order valence-corrected chi connectivity index (χ1v) is 2.79. The van der Waals surface area contributed by atoms with Gasteiger partial charge < -0.3 is 0 Å². The minimum atomic E-state index is -0.527. The lowest BCUT2D eigenvalue weighted by atomic mass is 10.3. The highest BCUT2D eigenvalue weighted by molar-refractivity contribution is 6.05. The SMILES string of the molecule is CN1C(=O)CC(=O)[NH2+]C1=O. The van der Waals surface area contributed by atoms with E-state index in [0.29, 0.717) is 0 Å². The molecule has 0 bridgehead atoms. The summed E-state index contributed by atoms with van der Waals surface area (Å²) in [4.78, 5) is 32.8. The molecular formula is C5H7N2O3+. The van der Waals surface area contributed by atoms with Crippen molar-refractivity contribution in [3.63, 3.8) is 0 Å². The molecule has 5 nitrogen and oxygen atoms in total. The van der Waals surface area contributed by atoms with E-state index in [2.05, 4.69) is 0 Å². The van der Waals surface area contributed by atoms with Crippen LogP contribution in [0.2, 0.25) is 0 Å². The number of carbonyl (C=O) groups is 3. The molecule has 54 valence electrons. The number of urea groups is 1. The molecule has 2 N–H and O–H groups in total. The van der Waals surface area contributed by atoms with Crippen LogP contribution in [0, 0.1) is 0 Å². The number of carbonyl (C=O) groups excluding carboxylic acids is 3. The molecule has 1 aliphatic rings. The van der Waals surface area contributed by atoms with Crippen molar-refractivity contribution in [2.24, 2.45) is 0 Å². The summed E-state index contributed by atoms with van der Waals surface area (Å²) in [5.74, 6) is -0.842. The first kappa shape index (κ1) is 6.88. The Morgan fingerprint density at radius 2 is 2.00 bits per heavy atom. The molecule has 0 aromatic carbocycles. The van der Waals surface area contributed by atoms with Crippen molar-refractivity contribution in [1.82, 2.24) is 4.90 Å². The molecule has 0 atom stereocenters. The summed E-state index contributed by atoms with van der Waals surface area (Å²) in [6.07, 6.45) is -0.178. The zero-order chi connectivity index (χ0) is 7.72. The molecule has 0 unspecified atom stereocenters. The Morgan fingerprint density at radius 3 is 2.50 bits per heavy atom. The summed E-state index contributed by atoms with van der Waals surface area (Å²) in [6, 6.07) is -0.527. The molecule has 1 aliphatic heterocycles. The van der Waals surface area contributed by atoms with Gasteiger partial charge in [0.2, 0.25) is 5.91 Å². The zero-order valence-electron chi connectivity index (χ0n) is 5.46. The van der Waals surface area contributed by atoms with E-state index >= 15 is 0 Å². The smallest absolute Gasteiger partial charge is 0.273 e. The summed E-state index contributed by atoms with van der Waals surface area (Å²) in [7, 11) is 1.35. The number of barbiturate groups is 1. The van der Waals surface area contributed by atoms with Gasteiger partial charge in [-0.25, -0.2) is 14.5 Å². The highest BCUT2D eigenvalue weighted by atomic mass is 16.2. The Labute approximate surface area is 57.0 Å². The Kier molecular flexibility index (Phi) is 1.50. The quantitative estimate of drug-likeness (QED) is 0.401. The highest BCUT2D eigenvalue weighted by Gasteiger charge is 2.32. The number of quaternary nitrogens is 1. The van der Waals surface area contributed by atoms with Crippen LogP contribution in [0.25, 0.3) is 0 Å². The standard InChI is InChI=1S/C5H6N2O3/c1-7-4(9)2-3(8)6-5(7)10/h2H2,1H3,(H,6,8,10)/p+1. The van der Waals surface area contributed by atoms with Gasteiger partial charge in [0, 0.05) is 7.05 Å². The summed E-state index contributed by atoms with van der Waals surface area (Å²) < 4.78 is 0. The van der Waals surface area contributed by atoms with Gasteiger partial charge in [-0.15, -0.1) is 0 Å². The zero-order valence-corrected chi connectivity index (χ0v) is 5.46. The van der Waals surface area contributed by atoms with Crippen molar-refractivity contribution in [3.05, 3.63) is 0 Å². The van der Waals surface area contributed by atoms with Gasteiger partial charge in [-0.2, -0.15) is 5.32 Å². The lowest BCUT2D eigenvalue weighted by molar-refractivity contribution is -0.479. The van der Waals surface area contributed by atoms with Gasteiger partial charge in [0.1, 0.15) is 6.42 Å². The number of hydrogen-bond donors (Lipinski definition) is 1. The fourth-order valence-corrected chi connectivity index (χ4v) is 0.676. The molecule has 0 radical (unpaired) electrons. The van der Waals surface area contributed by atoms with Crippen LogP contribution < -0.4 is 5.32 Å². The maximum atomic E-state index is 10.7. The van der Waals surface area contributed by atoms with Gasteiger partial charge in [0.15, 0.2) is 0 Å². The molecular weight excluding hydrogens is 136 g/mol. The molecule has 0 aromatic heterocycles. The average Bonchev–Trinajstić information content (AvgIpc) is 1.82. The third-order valence-electron chi connectivity index (χ3n) is 1.31. The topological polar surface area (TPSA) is 71.1 Å². The van der Waals surface area contributed by atoms with E-state index in [9.17, 15) is 14.4 Å². The minimum absolute atomic E-state index is 0.178. The average molecular weight is 143 g/mol. The largest absolute Gasteiger partial charge is 0.429 e. The van der Waals surface area contributed by atoms with Gasteiger partial charge >= 0.3 is 11.9 Å². The van der Waals surface area contributed by atoms with Crippen molar-refractivity contribution >= 4 is 17.8 Å². The second-order valence-corrected chi connectivity index (χ2v) is 2.08.